The minimum Gasteiger partial charge on any atom is -0.481 e. The van der Waals surface area contributed by atoms with E-state index in [1.807, 2.05) is 40.1 Å². The van der Waals surface area contributed by atoms with Gasteiger partial charge in [-0.25, -0.2) is 14.8 Å². The van der Waals surface area contributed by atoms with Gasteiger partial charge in [0.05, 0.1) is 24.4 Å². The van der Waals surface area contributed by atoms with Crippen LogP contribution in [-0.4, -0.2) is 169 Å². The number of aliphatic imine (C=N–C) groups is 2. The number of carboxylic acid groups (broad SMARTS) is 1. The molecular formula is C52H74N10O4. The van der Waals surface area contributed by atoms with E-state index in [-0.39, 0.29) is 29.7 Å². The number of nitrogens with one attached hydrogen (secondary N) is 3. The van der Waals surface area contributed by atoms with Crippen LogP contribution >= 0.6 is 0 Å². The van der Waals surface area contributed by atoms with Crippen molar-refractivity contribution in [1.29, 1.82) is 0 Å². The van der Waals surface area contributed by atoms with Crippen LogP contribution in [-0.2, 0) is 22.4 Å². The average molecular weight is 903 g/mol. The minimum absolute atomic E-state index is 0.0562. The van der Waals surface area contributed by atoms with Crippen LogP contribution in [0.3, 0.4) is 0 Å². The van der Waals surface area contributed by atoms with E-state index in [1.54, 1.807) is 0 Å². The van der Waals surface area contributed by atoms with Gasteiger partial charge in [-0.2, -0.15) is 0 Å². The third-order valence-corrected chi connectivity index (χ3v) is 13.6. The van der Waals surface area contributed by atoms with Crippen LogP contribution in [0.4, 0.5) is 4.79 Å². The quantitative estimate of drug-likeness (QED) is 0.0528. The Morgan fingerprint density at radius 2 is 1.32 bits per heavy atom. The molecule has 4 N–H and O–H groups in total. The molecule has 2 aromatic heterocycles. The highest BCUT2D eigenvalue weighted by Gasteiger charge is 2.45. The molecule has 0 unspecified atom stereocenters. The Hall–Kier alpha value is -5.37. The highest BCUT2D eigenvalue weighted by atomic mass is 16.4. The van der Waals surface area contributed by atoms with Gasteiger partial charge < -0.3 is 30.2 Å². The standard InChI is InChI=1S/C26H37N5O2.C18H20N2O2.C8H17N3/c1-5-11-30-17-19(25(32)31(26(33)27-6-2)13-8-12-29(3)4)14-21-20-9-7-10-22-24(20)18(16-28-22)15-23(21)30;1-2-6-20-10-12(18(21)22)7-14-13-4-3-5-15-17(13)11(9-19-15)8-16(14)20;1-4-9-8-10-6-5-7-11(2)3/h5,7,9-10,16,19,21,23,28H,1,6,8,11-15,17H2,2-4H3,(H,27,33);2-5,9,12,14,16,19H,1,6-8,10H2,(H,21,22);4-7H2,1-3H3/t19-,21-,23-;12-,14-,16-;/m11./s1. The summed E-state index contributed by atoms with van der Waals surface area (Å²) in [6.45, 7) is 18.9. The predicted molar refractivity (Wildman–Crippen MR) is 267 cm³/mol. The number of amides is 3. The normalized spacial score (nSPS) is 21.9. The molecule has 2 fully saturated rings. The summed E-state index contributed by atoms with van der Waals surface area (Å²) in [5.41, 5.74) is 7.67. The SMILES string of the molecule is C=CCN1C[C@H](C(=O)N(CCCN(C)C)C(=O)NCC)C[C@@H]2c3cccc4[nH]cc(c34)C[C@H]21.C=CCN1C[C@H](C(=O)O)C[C@@H]2c3cccc4[nH]cc(c34)C[C@H]21.CCN=C=NCCCN(C)C. The topological polar surface area (TPSA) is 156 Å². The van der Waals surface area contributed by atoms with Gasteiger partial charge in [-0.15, -0.1) is 13.2 Å². The van der Waals surface area contributed by atoms with E-state index >= 15 is 0 Å². The van der Waals surface area contributed by atoms with Gasteiger partial charge in [-0.3, -0.25) is 24.3 Å². The molecule has 4 heterocycles. The Balaban J connectivity index is 0.000000187. The second-order valence-corrected chi connectivity index (χ2v) is 18.7. The molecule has 0 bridgehead atoms. The summed E-state index contributed by atoms with van der Waals surface area (Å²) in [6, 6.07) is 15.9. The summed E-state index contributed by atoms with van der Waals surface area (Å²) in [5.74, 6) is -0.695. The van der Waals surface area contributed by atoms with Crippen molar-refractivity contribution < 1.29 is 19.5 Å². The average Bonchev–Trinajstić information content (AvgIpc) is 3.92. The maximum atomic E-state index is 13.7. The molecule has 8 rings (SSSR count). The maximum absolute atomic E-state index is 13.7. The number of carbonyl (C=O) groups is 3. The van der Waals surface area contributed by atoms with E-state index in [1.165, 1.54) is 43.4 Å². The monoisotopic (exact) mass is 903 g/mol. The Labute approximate surface area is 391 Å². The van der Waals surface area contributed by atoms with E-state index in [9.17, 15) is 19.5 Å². The molecule has 0 saturated carbocycles. The van der Waals surface area contributed by atoms with Gasteiger partial charge in [0.1, 0.15) is 0 Å². The summed E-state index contributed by atoms with van der Waals surface area (Å²) in [7, 11) is 8.13. The first-order valence-corrected chi connectivity index (χ1v) is 24.0. The van der Waals surface area contributed by atoms with Crippen LogP contribution in [0, 0.1) is 11.8 Å². The molecule has 2 aromatic carbocycles. The molecule has 14 nitrogen and oxygen atoms in total. The fourth-order valence-electron chi connectivity index (χ4n) is 10.7. The number of nitrogens with zero attached hydrogens (tertiary/aromatic N) is 7. The smallest absolute Gasteiger partial charge is 0.324 e. The summed E-state index contributed by atoms with van der Waals surface area (Å²) >= 11 is 0. The summed E-state index contributed by atoms with van der Waals surface area (Å²) in [4.78, 5) is 63.1. The molecule has 4 aliphatic rings. The van der Waals surface area contributed by atoms with Gasteiger partial charge in [-0.1, -0.05) is 36.4 Å². The second kappa shape index (κ2) is 23.9. The first-order valence-electron chi connectivity index (χ1n) is 24.0. The number of hydrogen-bond acceptors (Lipinski definition) is 9. The molecule has 2 saturated heterocycles. The van der Waals surface area contributed by atoms with Gasteiger partial charge in [0.15, 0.2) is 0 Å². The minimum atomic E-state index is -0.681. The number of aromatic nitrogens is 2. The number of rotatable bonds is 16. The van der Waals surface area contributed by atoms with Crippen LogP contribution in [0.1, 0.15) is 73.6 Å². The number of piperidine rings is 2. The molecule has 2 aliphatic heterocycles. The molecule has 4 aromatic rings. The number of urea groups is 1. The molecule has 2 aliphatic carbocycles. The summed E-state index contributed by atoms with van der Waals surface area (Å²) in [6.07, 6.45) is 13.4. The lowest BCUT2D eigenvalue weighted by molar-refractivity contribution is -0.144. The Morgan fingerprint density at radius 1 is 0.788 bits per heavy atom. The lowest BCUT2D eigenvalue weighted by atomic mass is 9.72. The van der Waals surface area contributed by atoms with Crippen LogP contribution in [0.15, 0.2) is 84.1 Å². The molecule has 14 heteroatoms. The number of hydrogen-bond donors (Lipinski definition) is 4. The van der Waals surface area contributed by atoms with Crippen LogP contribution in [0.2, 0.25) is 0 Å². The Kier molecular flexibility index (Phi) is 18.1. The number of carbonyl (C=O) groups excluding carboxylic acids is 2. The van der Waals surface area contributed by atoms with Crippen LogP contribution in [0.5, 0.6) is 0 Å². The summed E-state index contributed by atoms with van der Waals surface area (Å²) < 4.78 is 0. The van der Waals surface area contributed by atoms with Gasteiger partial charge in [0.25, 0.3) is 0 Å². The molecule has 0 radical (unpaired) electrons. The van der Waals surface area contributed by atoms with E-state index in [0.717, 1.165) is 83.3 Å². The number of imide groups is 1. The Morgan fingerprint density at radius 3 is 1.82 bits per heavy atom. The molecule has 356 valence electrons. The van der Waals surface area contributed by atoms with Gasteiger partial charge >= 0.3 is 12.0 Å². The number of likely N-dealkylation sites (tertiary alicyclic amines) is 2. The first kappa shape index (κ1) is 50.1. The lowest BCUT2D eigenvalue weighted by Crippen LogP contribution is -2.55. The van der Waals surface area contributed by atoms with E-state index in [2.05, 4.69) is 127 Å². The van der Waals surface area contributed by atoms with Crippen molar-refractivity contribution in [3.05, 3.63) is 96.4 Å². The molecular weight excluding hydrogens is 829 g/mol. The highest BCUT2D eigenvalue weighted by molar-refractivity contribution is 5.96. The number of fused-ring (bicyclic) bond motifs is 4. The largest absolute Gasteiger partial charge is 0.481 e. The second-order valence-electron chi connectivity index (χ2n) is 18.7. The third kappa shape index (κ3) is 12.0. The lowest BCUT2D eigenvalue weighted by Gasteiger charge is -2.47. The predicted octanol–water partition coefficient (Wildman–Crippen LogP) is 7.09. The van der Waals surface area contributed by atoms with Crippen LogP contribution < -0.4 is 5.32 Å². The maximum Gasteiger partial charge on any atom is 0.324 e. The molecule has 3 amide bonds. The highest BCUT2D eigenvalue weighted by Crippen LogP contribution is 2.46. The zero-order valence-electron chi connectivity index (χ0n) is 40.3. The van der Waals surface area contributed by atoms with Crippen molar-refractivity contribution in [2.45, 2.75) is 76.3 Å². The van der Waals surface area contributed by atoms with Gasteiger partial charge in [0.2, 0.25) is 5.91 Å². The summed E-state index contributed by atoms with van der Waals surface area (Å²) in [5, 5.41) is 15.0. The van der Waals surface area contributed by atoms with E-state index in [4.69, 9.17) is 0 Å². The van der Waals surface area contributed by atoms with Crippen molar-refractivity contribution in [3.8, 4) is 0 Å². The first-order chi connectivity index (χ1) is 31.9. The van der Waals surface area contributed by atoms with Crippen molar-refractivity contribution in [2.24, 2.45) is 21.8 Å². The zero-order chi connectivity index (χ0) is 47.3. The fourth-order valence-corrected chi connectivity index (χ4v) is 10.7. The number of H-pyrrole nitrogens is 2. The van der Waals surface area contributed by atoms with Crippen molar-refractivity contribution >= 4 is 45.7 Å². The Bertz CT molecular complexity index is 2340. The molecule has 0 spiro atoms. The van der Waals surface area contributed by atoms with Crippen molar-refractivity contribution in [1.82, 2.24) is 39.8 Å². The van der Waals surface area contributed by atoms with Crippen molar-refractivity contribution in [2.75, 3.05) is 93.6 Å². The number of aliphatic carboxylic acids is 1. The van der Waals surface area contributed by atoms with Crippen LogP contribution in [0.25, 0.3) is 21.8 Å². The van der Waals surface area contributed by atoms with Gasteiger partial charge in [0, 0.05) is 104 Å². The van der Waals surface area contributed by atoms with E-state index < -0.39 is 5.97 Å². The fraction of sp³-hybridized carbons (Fsp3) is 0.538. The molecule has 6 atom stereocenters. The number of carboxylic acids is 1. The zero-order valence-corrected chi connectivity index (χ0v) is 40.3. The van der Waals surface area contributed by atoms with Crippen molar-refractivity contribution in [3.63, 3.8) is 0 Å². The number of benzene rings is 2. The number of aromatic amines is 2. The third-order valence-electron chi connectivity index (χ3n) is 13.6. The van der Waals surface area contributed by atoms with E-state index in [0.29, 0.717) is 44.2 Å². The van der Waals surface area contributed by atoms with Gasteiger partial charge in [-0.05, 0) is 128 Å². The molecule has 66 heavy (non-hydrogen) atoms.